The summed E-state index contributed by atoms with van der Waals surface area (Å²) in [6, 6.07) is 7.17. The van der Waals surface area contributed by atoms with Crippen LogP contribution in [0, 0.1) is 0 Å². The first-order valence-electron chi connectivity index (χ1n) is 3.53. The smallest absolute Gasteiger partial charge is 0.129 e. The van der Waals surface area contributed by atoms with E-state index in [1.54, 1.807) is 12.1 Å². The van der Waals surface area contributed by atoms with Gasteiger partial charge in [-0.1, -0.05) is 33.7 Å². The molecule has 0 unspecified atom stereocenters. The molecule has 0 atom stereocenters. The van der Waals surface area contributed by atoms with E-state index in [0.29, 0.717) is 11.5 Å². The van der Waals surface area contributed by atoms with Gasteiger partial charge in [0.15, 0.2) is 0 Å². The fraction of sp³-hybridized carbons (Fsp3) is 0.250. The zero-order chi connectivity index (χ0) is 8.81. The van der Waals surface area contributed by atoms with E-state index in [-0.39, 0.29) is 6.61 Å². The van der Waals surface area contributed by atoms with Gasteiger partial charge in [0.05, 0.1) is 11.5 Å². The predicted molar refractivity (Wildman–Crippen MR) is 53.5 cm³/mol. The Labute approximate surface area is 79.4 Å². The first-order chi connectivity index (χ1) is 5.84. The Morgan fingerprint density at radius 2 is 2.00 bits per heavy atom. The molecule has 4 heteroatoms. The lowest BCUT2D eigenvalue weighted by Crippen LogP contribution is -1.81. The van der Waals surface area contributed by atoms with Crippen LogP contribution in [-0.4, -0.2) is 22.6 Å². The van der Waals surface area contributed by atoms with Gasteiger partial charge in [0.25, 0.3) is 0 Å². The van der Waals surface area contributed by atoms with E-state index in [2.05, 4.69) is 0 Å². The second-order valence-corrected chi connectivity index (χ2v) is 4.55. The molecule has 0 saturated carbocycles. The normalized spacial score (nSPS) is 10.1. The number of para-hydroxylation sites is 1. The number of rotatable bonds is 4. The van der Waals surface area contributed by atoms with Crippen LogP contribution in [0.1, 0.15) is 0 Å². The molecular formula is C8H10O2S2. The van der Waals surface area contributed by atoms with E-state index in [9.17, 15) is 5.11 Å². The molecule has 0 spiro atoms. The number of phenols is 1. The standard InChI is InChI=1S/C8H10O2S2/c9-5-6-11-12-8-4-2-1-3-7(8)10/h1-4,9-10H,5-6H2. The molecule has 12 heavy (non-hydrogen) atoms. The summed E-state index contributed by atoms with van der Waals surface area (Å²) in [6.45, 7) is 0.172. The minimum atomic E-state index is 0.172. The predicted octanol–water partition coefficient (Wildman–Crippen LogP) is 2.12. The van der Waals surface area contributed by atoms with Gasteiger partial charge in [-0.05, 0) is 12.1 Å². The number of phenolic OH excluding ortho intramolecular Hbond substituents is 1. The van der Waals surface area contributed by atoms with Crippen molar-refractivity contribution in [3.63, 3.8) is 0 Å². The third kappa shape index (κ3) is 2.97. The van der Waals surface area contributed by atoms with Crippen molar-refractivity contribution in [1.82, 2.24) is 0 Å². The quantitative estimate of drug-likeness (QED) is 0.579. The molecule has 2 N–H and O–H groups in total. The van der Waals surface area contributed by atoms with Crippen molar-refractivity contribution in [2.24, 2.45) is 0 Å². The van der Waals surface area contributed by atoms with Gasteiger partial charge in [-0.15, -0.1) is 0 Å². The zero-order valence-corrected chi connectivity index (χ0v) is 8.07. The average Bonchev–Trinajstić information content (AvgIpc) is 2.09. The molecule has 0 fully saturated rings. The summed E-state index contributed by atoms with van der Waals surface area (Å²) in [4.78, 5) is 0.843. The Balaban J connectivity index is 2.46. The summed E-state index contributed by atoms with van der Waals surface area (Å²) >= 11 is 0. The number of benzene rings is 1. The summed E-state index contributed by atoms with van der Waals surface area (Å²) in [7, 11) is 3.01. The van der Waals surface area contributed by atoms with Gasteiger partial charge in [-0.25, -0.2) is 0 Å². The van der Waals surface area contributed by atoms with Crippen molar-refractivity contribution >= 4 is 21.6 Å². The average molecular weight is 202 g/mol. The number of aromatic hydroxyl groups is 1. The van der Waals surface area contributed by atoms with Gasteiger partial charge in [-0.3, -0.25) is 0 Å². The molecule has 0 radical (unpaired) electrons. The Morgan fingerprint density at radius 3 is 2.67 bits per heavy atom. The van der Waals surface area contributed by atoms with Crippen molar-refractivity contribution in [2.45, 2.75) is 4.90 Å². The van der Waals surface area contributed by atoms with Gasteiger partial charge in [0.2, 0.25) is 0 Å². The van der Waals surface area contributed by atoms with Crippen molar-refractivity contribution in [3.05, 3.63) is 24.3 Å². The molecule has 2 nitrogen and oxygen atoms in total. The van der Waals surface area contributed by atoms with Crippen LogP contribution < -0.4 is 0 Å². The fourth-order valence-corrected chi connectivity index (χ4v) is 2.52. The number of aliphatic hydroxyl groups is 1. The summed E-state index contributed by atoms with van der Waals surface area (Å²) in [5.74, 6) is 0.979. The molecule has 0 aliphatic carbocycles. The molecule has 1 aromatic rings. The summed E-state index contributed by atoms with van der Waals surface area (Å²) in [6.07, 6.45) is 0. The molecule has 0 heterocycles. The number of hydrogen-bond acceptors (Lipinski definition) is 4. The zero-order valence-electron chi connectivity index (χ0n) is 6.43. The first kappa shape index (κ1) is 9.77. The van der Waals surface area contributed by atoms with Gasteiger partial charge in [0, 0.05) is 5.75 Å². The van der Waals surface area contributed by atoms with E-state index in [4.69, 9.17) is 5.11 Å². The largest absolute Gasteiger partial charge is 0.507 e. The monoisotopic (exact) mass is 202 g/mol. The molecular weight excluding hydrogens is 192 g/mol. The summed E-state index contributed by atoms with van der Waals surface area (Å²) in [5, 5.41) is 17.8. The molecule has 0 aliphatic rings. The van der Waals surface area contributed by atoms with E-state index < -0.39 is 0 Å². The van der Waals surface area contributed by atoms with Crippen LogP contribution in [0.5, 0.6) is 5.75 Å². The minimum absolute atomic E-state index is 0.172. The molecule has 1 rings (SSSR count). The van der Waals surface area contributed by atoms with Gasteiger partial charge >= 0.3 is 0 Å². The highest BCUT2D eigenvalue weighted by molar-refractivity contribution is 8.76. The molecule has 0 bridgehead atoms. The minimum Gasteiger partial charge on any atom is -0.507 e. The van der Waals surface area contributed by atoms with Gasteiger partial charge < -0.3 is 10.2 Å². The van der Waals surface area contributed by atoms with Crippen LogP contribution in [0.2, 0.25) is 0 Å². The van der Waals surface area contributed by atoms with Crippen LogP contribution in [0.4, 0.5) is 0 Å². The number of aliphatic hydroxyl groups excluding tert-OH is 1. The maximum Gasteiger partial charge on any atom is 0.129 e. The van der Waals surface area contributed by atoms with Crippen molar-refractivity contribution in [1.29, 1.82) is 0 Å². The molecule has 66 valence electrons. The van der Waals surface area contributed by atoms with Gasteiger partial charge in [-0.2, -0.15) is 0 Å². The highest BCUT2D eigenvalue weighted by Gasteiger charge is 1.99. The SMILES string of the molecule is OCCSSc1ccccc1O. The van der Waals surface area contributed by atoms with E-state index in [1.807, 2.05) is 12.1 Å². The summed E-state index contributed by atoms with van der Waals surface area (Å²) < 4.78 is 0. The molecule has 1 aromatic carbocycles. The number of hydrogen-bond donors (Lipinski definition) is 2. The first-order valence-corrected chi connectivity index (χ1v) is 5.85. The second kappa shape index (κ2) is 5.35. The van der Waals surface area contributed by atoms with E-state index in [1.165, 1.54) is 21.6 Å². The molecule has 0 aromatic heterocycles. The van der Waals surface area contributed by atoms with Crippen molar-refractivity contribution in [2.75, 3.05) is 12.4 Å². The third-order valence-electron chi connectivity index (χ3n) is 1.19. The molecule has 0 saturated heterocycles. The molecule has 0 amide bonds. The lowest BCUT2D eigenvalue weighted by molar-refractivity contribution is 0.323. The highest BCUT2D eigenvalue weighted by Crippen LogP contribution is 2.36. The maximum absolute atomic E-state index is 9.31. The topological polar surface area (TPSA) is 40.5 Å². The Bertz CT molecular complexity index is 240. The summed E-state index contributed by atoms with van der Waals surface area (Å²) in [5.41, 5.74) is 0. The van der Waals surface area contributed by atoms with Crippen molar-refractivity contribution < 1.29 is 10.2 Å². The fourth-order valence-electron chi connectivity index (χ4n) is 0.670. The molecule has 0 aliphatic heterocycles. The van der Waals surface area contributed by atoms with Crippen LogP contribution in [0.3, 0.4) is 0 Å². The lowest BCUT2D eigenvalue weighted by Gasteiger charge is -2.00. The van der Waals surface area contributed by atoms with Crippen LogP contribution >= 0.6 is 21.6 Å². The van der Waals surface area contributed by atoms with Gasteiger partial charge in [0.1, 0.15) is 5.75 Å². The van der Waals surface area contributed by atoms with E-state index in [0.717, 1.165) is 4.90 Å². The van der Waals surface area contributed by atoms with Crippen LogP contribution in [0.15, 0.2) is 29.2 Å². The lowest BCUT2D eigenvalue weighted by atomic mass is 10.3. The van der Waals surface area contributed by atoms with Crippen LogP contribution in [0.25, 0.3) is 0 Å². The Kier molecular flexibility index (Phi) is 4.35. The second-order valence-electron chi connectivity index (χ2n) is 2.10. The third-order valence-corrected chi connectivity index (χ3v) is 3.57. The highest BCUT2D eigenvalue weighted by atomic mass is 33.1. The maximum atomic E-state index is 9.31. The van der Waals surface area contributed by atoms with Crippen LogP contribution in [-0.2, 0) is 0 Å². The Hall–Kier alpha value is -0.320. The Morgan fingerprint density at radius 1 is 1.25 bits per heavy atom. The van der Waals surface area contributed by atoms with Crippen molar-refractivity contribution in [3.8, 4) is 5.75 Å². The van der Waals surface area contributed by atoms with E-state index >= 15 is 0 Å².